The molecular formula is C33H38Ti. The van der Waals surface area contributed by atoms with Crippen molar-refractivity contribution in [3.63, 3.8) is 0 Å². The summed E-state index contributed by atoms with van der Waals surface area (Å²) in [6.45, 7) is 15.2. The van der Waals surface area contributed by atoms with Crippen LogP contribution in [0.1, 0.15) is 58.2 Å². The van der Waals surface area contributed by atoms with Gasteiger partial charge in [-0.1, -0.05) is 0 Å². The second-order valence-electron chi connectivity index (χ2n) is 11.1. The molecule has 0 saturated carbocycles. The molecule has 4 aromatic carbocycles. The van der Waals surface area contributed by atoms with Gasteiger partial charge in [0.2, 0.25) is 0 Å². The van der Waals surface area contributed by atoms with Gasteiger partial charge in [-0.2, -0.15) is 0 Å². The van der Waals surface area contributed by atoms with Crippen LogP contribution in [0.25, 0.3) is 0 Å². The van der Waals surface area contributed by atoms with E-state index in [0.717, 1.165) is 0 Å². The van der Waals surface area contributed by atoms with E-state index < -0.39 is 16.6 Å². The van der Waals surface area contributed by atoms with Crippen molar-refractivity contribution in [3.8, 4) is 0 Å². The summed E-state index contributed by atoms with van der Waals surface area (Å²) >= 11 is -3.37. The van der Waals surface area contributed by atoms with Gasteiger partial charge in [-0.25, -0.2) is 0 Å². The Morgan fingerprint density at radius 1 is 0.353 bits per heavy atom. The van der Waals surface area contributed by atoms with Crippen LogP contribution in [-0.2, 0) is 27.7 Å². The van der Waals surface area contributed by atoms with Crippen molar-refractivity contribution in [1.29, 1.82) is 0 Å². The number of hydrogen-bond donors (Lipinski definition) is 0. The first-order valence-corrected chi connectivity index (χ1v) is 15.5. The molecular weight excluding hydrogens is 444 g/mol. The quantitative estimate of drug-likeness (QED) is 0.233. The summed E-state index contributed by atoms with van der Waals surface area (Å²) < 4.78 is 1.48. The molecule has 4 aromatic rings. The van der Waals surface area contributed by atoms with Gasteiger partial charge in [0.05, 0.1) is 0 Å². The molecule has 4 rings (SSSR count). The Balaban J connectivity index is 2.20. The molecule has 0 N–H and O–H groups in total. The van der Waals surface area contributed by atoms with E-state index in [4.69, 9.17) is 0 Å². The predicted molar refractivity (Wildman–Crippen MR) is 144 cm³/mol. The van der Waals surface area contributed by atoms with Crippen molar-refractivity contribution >= 4 is 3.87 Å². The molecule has 0 fully saturated rings. The van der Waals surface area contributed by atoms with E-state index in [9.17, 15) is 0 Å². The molecule has 0 bridgehead atoms. The third-order valence-corrected chi connectivity index (χ3v) is 20.5. The summed E-state index contributed by atoms with van der Waals surface area (Å²) in [5.74, 6) is 0. The molecule has 1 heteroatoms. The van der Waals surface area contributed by atoms with Crippen molar-refractivity contribution < 1.29 is 16.6 Å². The number of benzene rings is 4. The van der Waals surface area contributed by atoms with E-state index >= 15 is 0 Å². The average Bonchev–Trinajstić information content (AvgIpc) is 2.86. The van der Waals surface area contributed by atoms with Crippen LogP contribution in [0.2, 0.25) is 0 Å². The van der Waals surface area contributed by atoms with Gasteiger partial charge in [-0.3, -0.25) is 0 Å². The zero-order chi connectivity index (χ0) is 24.5. The first-order chi connectivity index (χ1) is 16.2. The Morgan fingerprint density at radius 2 is 0.588 bits per heavy atom. The second-order valence-corrected chi connectivity index (χ2v) is 20.2. The summed E-state index contributed by atoms with van der Waals surface area (Å²) in [6.07, 6.45) is 0. The molecule has 0 aromatic heterocycles. The summed E-state index contributed by atoms with van der Waals surface area (Å²) in [4.78, 5) is 0. The van der Waals surface area contributed by atoms with Gasteiger partial charge in [-0.15, -0.1) is 0 Å². The zero-order valence-corrected chi connectivity index (χ0v) is 23.1. The van der Waals surface area contributed by atoms with Crippen molar-refractivity contribution in [2.75, 3.05) is 0 Å². The van der Waals surface area contributed by atoms with Gasteiger partial charge in [0.15, 0.2) is 0 Å². The van der Waals surface area contributed by atoms with Crippen LogP contribution >= 0.6 is 0 Å². The molecule has 0 unspecified atom stereocenters. The summed E-state index contributed by atoms with van der Waals surface area (Å²) in [5.41, 5.74) is 4.31. The standard InChI is InChI=1S/3C9H11.C6H5.Ti/c3*1-8(2)9-6-4-3-5-7-9;1-2-4-6-5-3-1;/h3*3-7H,1-2H3;1-5H;. The maximum absolute atomic E-state index is 3.37. The van der Waals surface area contributed by atoms with Crippen molar-refractivity contribution in [1.82, 2.24) is 0 Å². The first kappa shape index (κ1) is 24.7. The average molecular weight is 483 g/mol. The van der Waals surface area contributed by atoms with Gasteiger partial charge >= 0.3 is 211 Å². The van der Waals surface area contributed by atoms with E-state index in [1.807, 2.05) is 0 Å². The van der Waals surface area contributed by atoms with E-state index in [0.29, 0.717) is 0 Å². The fourth-order valence-electron chi connectivity index (χ4n) is 7.33. The van der Waals surface area contributed by atoms with Crippen LogP contribution in [0.5, 0.6) is 0 Å². The van der Waals surface area contributed by atoms with Crippen LogP contribution < -0.4 is 3.87 Å². The molecule has 0 atom stereocenters. The first-order valence-electron chi connectivity index (χ1n) is 12.4. The molecule has 0 aliphatic heterocycles. The van der Waals surface area contributed by atoms with Crippen molar-refractivity contribution in [2.24, 2.45) is 0 Å². The van der Waals surface area contributed by atoms with Crippen LogP contribution in [0.15, 0.2) is 121 Å². The fraction of sp³-hybridized carbons (Fsp3) is 0.273. The monoisotopic (exact) mass is 482 g/mol. The summed E-state index contributed by atoms with van der Waals surface area (Å²) in [7, 11) is 0. The van der Waals surface area contributed by atoms with Crippen LogP contribution in [0, 0.1) is 0 Å². The molecule has 0 saturated heterocycles. The minimum atomic E-state index is -3.37. The molecule has 174 valence electrons. The molecule has 0 aliphatic carbocycles. The van der Waals surface area contributed by atoms with Gasteiger partial charge in [-0.05, 0) is 0 Å². The van der Waals surface area contributed by atoms with Gasteiger partial charge in [0, 0.05) is 0 Å². The predicted octanol–water partition coefficient (Wildman–Crippen LogP) is 8.27. The third kappa shape index (κ3) is 3.73. The fourth-order valence-corrected chi connectivity index (χ4v) is 21.9. The van der Waals surface area contributed by atoms with E-state index in [1.54, 1.807) is 3.87 Å². The van der Waals surface area contributed by atoms with Gasteiger partial charge < -0.3 is 0 Å². The topological polar surface area (TPSA) is 0 Å². The van der Waals surface area contributed by atoms with E-state index in [1.165, 1.54) is 16.7 Å². The third-order valence-electron chi connectivity index (χ3n) is 8.51. The van der Waals surface area contributed by atoms with Crippen LogP contribution in [0.4, 0.5) is 0 Å². The molecule has 0 heterocycles. The number of rotatable bonds is 7. The molecule has 0 nitrogen and oxygen atoms in total. The minimum absolute atomic E-state index is 0.0265. The summed E-state index contributed by atoms with van der Waals surface area (Å²) in [6, 6.07) is 45.3. The van der Waals surface area contributed by atoms with Gasteiger partial charge in [0.1, 0.15) is 0 Å². The SMILES string of the molecule is C[C](C)(c1ccccc1)[Ti]([c]1ccccc1)([C](C)(C)c1ccccc1)[C](C)(C)c1ccccc1. The van der Waals surface area contributed by atoms with Crippen molar-refractivity contribution in [3.05, 3.63) is 138 Å². The second kappa shape index (κ2) is 9.33. The Kier molecular flexibility index (Phi) is 6.78. The molecule has 34 heavy (non-hydrogen) atoms. The van der Waals surface area contributed by atoms with E-state index in [2.05, 4.69) is 163 Å². The molecule has 0 amide bonds. The Bertz CT molecular complexity index is 1070. The Labute approximate surface area is 210 Å². The summed E-state index contributed by atoms with van der Waals surface area (Å²) in [5, 5.41) is 0. The van der Waals surface area contributed by atoms with Gasteiger partial charge in [0.25, 0.3) is 0 Å². The normalized spacial score (nSPS) is 13.0. The van der Waals surface area contributed by atoms with Crippen LogP contribution in [-0.4, -0.2) is 0 Å². The Morgan fingerprint density at radius 3 is 0.853 bits per heavy atom. The molecule has 0 aliphatic rings. The zero-order valence-electron chi connectivity index (χ0n) is 21.5. The Hall–Kier alpha value is -2.41. The van der Waals surface area contributed by atoms with E-state index in [-0.39, 0.29) is 11.2 Å². The van der Waals surface area contributed by atoms with Crippen LogP contribution in [0.3, 0.4) is 0 Å². The number of hydrogen-bond acceptors (Lipinski definition) is 0. The maximum atomic E-state index is 2.53. The van der Waals surface area contributed by atoms with Crippen molar-refractivity contribution in [2.45, 2.75) is 52.7 Å². The molecule has 0 spiro atoms. The molecule has 0 radical (unpaired) electrons.